The fourth-order valence-corrected chi connectivity index (χ4v) is 1.30. The number of hydrogen-bond donors (Lipinski definition) is 2. The average molecular weight is 240 g/mol. The van der Waals surface area contributed by atoms with Gasteiger partial charge in [0.1, 0.15) is 0 Å². The van der Waals surface area contributed by atoms with Gasteiger partial charge in [0, 0.05) is 19.7 Å². The molecule has 1 aromatic rings. The Bertz CT molecular complexity index is 404. The van der Waals surface area contributed by atoms with Crippen LogP contribution in [0.5, 0.6) is 0 Å². The molecule has 0 saturated heterocycles. The second kappa shape index (κ2) is 6.12. The molecule has 0 bridgehead atoms. The first-order valence-electron chi connectivity index (χ1n) is 4.91. The van der Waals surface area contributed by atoms with E-state index in [4.69, 9.17) is 17.3 Å². The number of nitrogen functional groups attached to an aromatic ring is 1. The number of carbonyl (C=O) groups excluding carboxylic acids is 1. The lowest BCUT2D eigenvalue weighted by atomic mass is 10.2. The number of halogens is 1. The van der Waals surface area contributed by atoms with Crippen molar-refractivity contribution in [3.63, 3.8) is 0 Å². The second-order valence-electron chi connectivity index (χ2n) is 3.30. The van der Waals surface area contributed by atoms with Crippen molar-refractivity contribution in [3.8, 4) is 0 Å². The van der Waals surface area contributed by atoms with Crippen molar-refractivity contribution in [2.45, 2.75) is 13.3 Å². The molecule has 0 unspecified atom stereocenters. The van der Waals surface area contributed by atoms with Gasteiger partial charge in [0.2, 0.25) is 5.91 Å². The van der Waals surface area contributed by atoms with E-state index in [1.807, 2.05) is 12.2 Å². The molecule has 1 aromatic heterocycles. The summed E-state index contributed by atoms with van der Waals surface area (Å²) in [4.78, 5) is 14.7. The first-order valence-corrected chi connectivity index (χ1v) is 5.29. The zero-order valence-electron chi connectivity index (χ0n) is 9.03. The van der Waals surface area contributed by atoms with E-state index < -0.39 is 0 Å². The van der Waals surface area contributed by atoms with Crippen LogP contribution in [0.1, 0.15) is 19.0 Å². The Labute approximate surface area is 99.5 Å². The van der Waals surface area contributed by atoms with Crippen LogP contribution in [0.25, 0.3) is 6.08 Å². The highest BCUT2D eigenvalue weighted by Crippen LogP contribution is 2.16. The smallest absolute Gasteiger partial charge is 0.216 e. The van der Waals surface area contributed by atoms with E-state index in [-0.39, 0.29) is 5.91 Å². The molecule has 1 rings (SSSR count). The van der Waals surface area contributed by atoms with Crippen LogP contribution in [0.3, 0.4) is 0 Å². The number of carbonyl (C=O) groups is 1. The molecule has 86 valence electrons. The third kappa shape index (κ3) is 4.31. The predicted molar refractivity (Wildman–Crippen MR) is 66.0 cm³/mol. The van der Waals surface area contributed by atoms with Crippen molar-refractivity contribution in [3.05, 3.63) is 29.1 Å². The molecular weight excluding hydrogens is 226 g/mol. The molecule has 0 saturated carbocycles. The number of nitrogens with two attached hydrogens (primary N) is 1. The van der Waals surface area contributed by atoms with Crippen molar-refractivity contribution in [2.24, 2.45) is 0 Å². The van der Waals surface area contributed by atoms with Crippen molar-refractivity contribution >= 4 is 29.3 Å². The Hall–Kier alpha value is -1.55. The second-order valence-corrected chi connectivity index (χ2v) is 3.74. The summed E-state index contributed by atoms with van der Waals surface area (Å²) in [6, 6.07) is 1.65. The van der Waals surface area contributed by atoms with Crippen LogP contribution in [-0.4, -0.2) is 17.4 Å². The van der Waals surface area contributed by atoms with Crippen molar-refractivity contribution < 1.29 is 4.79 Å². The van der Waals surface area contributed by atoms with E-state index in [1.165, 1.54) is 6.92 Å². The van der Waals surface area contributed by atoms with Gasteiger partial charge in [-0.05, 0) is 18.6 Å². The monoisotopic (exact) mass is 239 g/mol. The number of amides is 1. The molecule has 5 heteroatoms. The van der Waals surface area contributed by atoms with Gasteiger partial charge in [-0.1, -0.05) is 17.7 Å². The van der Waals surface area contributed by atoms with E-state index in [0.29, 0.717) is 22.9 Å². The number of anilines is 1. The summed E-state index contributed by atoms with van der Waals surface area (Å²) in [7, 11) is 0. The van der Waals surface area contributed by atoms with Crippen LogP contribution in [0, 0.1) is 0 Å². The maximum absolute atomic E-state index is 10.6. The van der Waals surface area contributed by atoms with Crippen LogP contribution in [0.15, 0.2) is 18.3 Å². The lowest BCUT2D eigenvalue weighted by molar-refractivity contribution is -0.118. The van der Waals surface area contributed by atoms with Crippen molar-refractivity contribution in [1.82, 2.24) is 10.3 Å². The maximum Gasteiger partial charge on any atom is 0.216 e. The third-order valence-electron chi connectivity index (χ3n) is 1.88. The Kier molecular flexibility index (Phi) is 4.79. The lowest BCUT2D eigenvalue weighted by Gasteiger charge is -2.00. The summed E-state index contributed by atoms with van der Waals surface area (Å²) in [6.45, 7) is 2.10. The van der Waals surface area contributed by atoms with Crippen LogP contribution < -0.4 is 11.1 Å². The standard InChI is InChI=1S/C11H14ClN3O/c1-8(16)14-5-3-2-4-11-10(13)6-9(12)7-15-11/h2,4,6-7H,3,5,13H2,1H3,(H,14,16). The molecule has 0 aliphatic carbocycles. The van der Waals surface area contributed by atoms with Gasteiger partial charge < -0.3 is 11.1 Å². The number of aromatic nitrogens is 1. The van der Waals surface area contributed by atoms with E-state index in [0.717, 1.165) is 6.42 Å². The van der Waals surface area contributed by atoms with Crippen LogP contribution in [-0.2, 0) is 4.79 Å². The molecular formula is C11H14ClN3O. The Balaban J connectivity index is 2.47. The quantitative estimate of drug-likeness (QED) is 0.788. The number of pyridine rings is 1. The zero-order chi connectivity index (χ0) is 12.0. The molecule has 0 aromatic carbocycles. The van der Waals surface area contributed by atoms with E-state index in [2.05, 4.69) is 10.3 Å². The Morgan fingerprint density at radius 1 is 1.69 bits per heavy atom. The van der Waals surface area contributed by atoms with Gasteiger partial charge in [-0.25, -0.2) is 0 Å². The van der Waals surface area contributed by atoms with Gasteiger partial charge in [-0.15, -0.1) is 0 Å². The first-order chi connectivity index (χ1) is 7.59. The van der Waals surface area contributed by atoms with Crippen LogP contribution in [0.4, 0.5) is 5.69 Å². The Morgan fingerprint density at radius 2 is 2.44 bits per heavy atom. The van der Waals surface area contributed by atoms with E-state index in [9.17, 15) is 4.79 Å². The van der Waals surface area contributed by atoms with E-state index >= 15 is 0 Å². The van der Waals surface area contributed by atoms with Gasteiger partial charge in [-0.3, -0.25) is 9.78 Å². The first kappa shape index (κ1) is 12.5. The minimum absolute atomic E-state index is 0.0301. The maximum atomic E-state index is 10.6. The number of hydrogen-bond acceptors (Lipinski definition) is 3. The third-order valence-corrected chi connectivity index (χ3v) is 2.08. The highest BCUT2D eigenvalue weighted by atomic mass is 35.5. The normalized spacial score (nSPS) is 10.6. The average Bonchev–Trinajstić information content (AvgIpc) is 2.20. The summed E-state index contributed by atoms with van der Waals surface area (Å²) in [6.07, 6.45) is 6.00. The van der Waals surface area contributed by atoms with Gasteiger partial charge >= 0.3 is 0 Å². The SMILES string of the molecule is CC(=O)NCCC=Cc1ncc(Cl)cc1N. The number of rotatable bonds is 4. The zero-order valence-corrected chi connectivity index (χ0v) is 9.79. The van der Waals surface area contributed by atoms with Crippen molar-refractivity contribution in [2.75, 3.05) is 12.3 Å². The molecule has 1 heterocycles. The molecule has 3 N–H and O–H groups in total. The van der Waals surface area contributed by atoms with Crippen LogP contribution in [0.2, 0.25) is 5.02 Å². The Morgan fingerprint density at radius 3 is 3.06 bits per heavy atom. The molecule has 0 atom stereocenters. The highest BCUT2D eigenvalue weighted by Gasteiger charge is 1.97. The highest BCUT2D eigenvalue weighted by molar-refractivity contribution is 6.30. The minimum atomic E-state index is -0.0301. The molecule has 1 amide bonds. The molecule has 16 heavy (non-hydrogen) atoms. The topological polar surface area (TPSA) is 68.0 Å². The molecule has 0 spiro atoms. The molecule has 0 radical (unpaired) electrons. The predicted octanol–water partition coefficient (Wildman–Crippen LogP) is 1.86. The minimum Gasteiger partial charge on any atom is -0.397 e. The van der Waals surface area contributed by atoms with Gasteiger partial charge in [0.15, 0.2) is 0 Å². The van der Waals surface area contributed by atoms with Gasteiger partial charge in [0.25, 0.3) is 0 Å². The van der Waals surface area contributed by atoms with Crippen LogP contribution >= 0.6 is 11.6 Å². The fourth-order valence-electron chi connectivity index (χ4n) is 1.13. The van der Waals surface area contributed by atoms with Crippen molar-refractivity contribution in [1.29, 1.82) is 0 Å². The summed E-state index contributed by atoms with van der Waals surface area (Å²) in [5, 5.41) is 3.21. The van der Waals surface area contributed by atoms with Gasteiger partial charge in [0.05, 0.1) is 16.4 Å². The molecule has 4 nitrogen and oxygen atoms in total. The largest absolute Gasteiger partial charge is 0.397 e. The number of nitrogens with zero attached hydrogens (tertiary/aromatic N) is 1. The summed E-state index contributed by atoms with van der Waals surface area (Å²) >= 11 is 5.72. The molecule has 0 fully saturated rings. The fraction of sp³-hybridized carbons (Fsp3) is 0.273. The summed E-state index contributed by atoms with van der Waals surface area (Å²) in [5.41, 5.74) is 6.95. The summed E-state index contributed by atoms with van der Waals surface area (Å²) < 4.78 is 0. The van der Waals surface area contributed by atoms with Gasteiger partial charge in [-0.2, -0.15) is 0 Å². The van der Waals surface area contributed by atoms with E-state index in [1.54, 1.807) is 12.3 Å². The lowest BCUT2D eigenvalue weighted by Crippen LogP contribution is -2.20. The molecule has 0 aliphatic rings. The number of nitrogens with one attached hydrogen (secondary N) is 1. The summed E-state index contributed by atoms with van der Waals surface area (Å²) in [5.74, 6) is -0.0301. The molecule has 0 aliphatic heterocycles.